The maximum absolute atomic E-state index is 12.4. The van der Waals surface area contributed by atoms with Crippen molar-refractivity contribution in [2.45, 2.75) is 32.6 Å². The first-order valence-electron chi connectivity index (χ1n) is 7.88. The van der Waals surface area contributed by atoms with Crippen LogP contribution in [0.1, 0.15) is 31.2 Å². The van der Waals surface area contributed by atoms with Crippen LogP contribution in [0.2, 0.25) is 5.02 Å². The van der Waals surface area contributed by atoms with Crippen LogP contribution in [0.5, 0.6) is 0 Å². The van der Waals surface area contributed by atoms with E-state index in [2.05, 4.69) is 5.32 Å². The highest BCUT2D eigenvalue weighted by Gasteiger charge is 2.48. The summed E-state index contributed by atoms with van der Waals surface area (Å²) >= 11 is 5.93. The molecule has 2 atom stereocenters. The van der Waals surface area contributed by atoms with E-state index in [0.29, 0.717) is 10.7 Å². The predicted octanol–water partition coefficient (Wildman–Crippen LogP) is 2.76. The highest BCUT2D eigenvalue weighted by molar-refractivity contribution is 6.31. The van der Waals surface area contributed by atoms with E-state index in [4.69, 9.17) is 11.6 Å². The molecule has 1 N–H and O–H groups in total. The molecular weight excluding hydrogens is 316 g/mol. The van der Waals surface area contributed by atoms with E-state index in [1.165, 1.54) is 0 Å². The fraction of sp³-hybridized carbons (Fsp3) is 0.471. The lowest BCUT2D eigenvalue weighted by atomic mass is 9.81. The topological polar surface area (TPSA) is 66.5 Å². The van der Waals surface area contributed by atoms with Crippen LogP contribution < -0.4 is 5.32 Å². The molecule has 0 spiro atoms. The van der Waals surface area contributed by atoms with Crippen molar-refractivity contribution < 1.29 is 14.4 Å². The average Bonchev–Trinajstić information content (AvgIpc) is 2.76. The van der Waals surface area contributed by atoms with Crippen molar-refractivity contribution in [1.82, 2.24) is 4.90 Å². The van der Waals surface area contributed by atoms with Crippen molar-refractivity contribution >= 4 is 35.0 Å². The fourth-order valence-corrected chi connectivity index (χ4v) is 3.62. The van der Waals surface area contributed by atoms with E-state index in [1.807, 2.05) is 6.92 Å². The Morgan fingerprint density at radius 1 is 1.22 bits per heavy atom. The van der Waals surface area contributed by atoms with Gasteiger partial charge in [-0.15, -0.1) is 0 Å². The molecule has 5 nitrogen and oxygen atoms in total. The number of hydrogen-bond donors (Lipinski definition) is 1. The Hall–Kier alpha value is -1.88. The van der Waals surface area contributed by atoms with Crippen LogP contribution in [0.25, 0.3) is 0 Å². The van der Waals surface area contributed by atoms with Crippen molar-refractivity contribution in [3.63, 3.8) is 0 Å². The van der Waals surface area contributed by atoms with Gasteiger partial charge in [0, 0.05) is 10.7 Å². The summed E-state index contributed by atoms with van der Waals surface area (Å²) in [6.07, 6.45) is 3.45. The zero-order valence-electron chi connectivity index (χ0n) is 13.0. The third-order valence-electron chi connectivity index (χ3n) is 4.71. The van der Waals surface area contributed by atoms with E-state index in [1.54, 1.807) is 18.2 Å². The summed E-state index contributed by atoms with van der Waals surface area (Å²) in [6, 6.07) is 5.20. The maximum atomic E-state index is 12.4. The van der Waals surface area contributed by atoms with Gasteiger partial charge in [-0.25, -0.2) is 0 Å². The molecule has 23 heavy (non-hydrogen) atoms. The predicted molar refractivity (Wildman–Crippen MR) is 87.0 cm³/mol. The standard InChI is InChI=1S/C17H19ClN2O3/c1-10-6-7-11(18)8-14(10)19-15(21)9-20-16(22)12-4-2-3-5-13(12)17(20)23/h6-8,12-13H,2-5,9H2,1H3,(H,19,21). The lowest BCUT2D eigenvalue weighted by Gasteiger charge is -2.19. The number of hydrogen-bond acceptors (Lipinski definition) is 3. The van der Waals surface area contributed by atoms with Crippen molar-refractivity contribution in [2.75, 3.05) is 11.9 Å². The van der Waals surface area contributed by atoms with Gasteiger partial charge in [-0.2, -0.15) is 0 Å². The fourth-order valence-electron chi connectivity index (χ4n) is 3.45. The van der Waals surface area contributed by atoms with Gasteiger partial charge < -0.3 is 5.32 Å². The van der Waals surface area contributed by atoms with Crippen molar-refractivity contribution in [3.8, 4) is 0 Å². The monoisotopic (exact) mass is 334 g/mol. The summed E-state index contributed by atoms with van der Waals surface area (Å²) < 4.78 is 0. The van der Waals surface area contributed by atoms with Gasteiger partial charge >= 0.3 is 0 Å². The Morgan fingerprint density at radius 3 is 2.43 bits per heavy atom. The number of nitrogens with one attached hydrogen (secondary N) is 1. The second kappa shape index (κ2) is 6.32. The second-order valence-corrected chi connectivity index (χ2v) is 6.70. The summed E-state index contributed by atoms with van der Waals surface area (Å²) in [5.74, 6) is -1.22. The van der Waals surface area contributed by atoms with Gasteiger partial charge in [0.15, 0.2) is 0 Å². The summed E-state index contributed by atoms with van der Waals surface area (Å²) in [5, 5.41) is 3.25. The van der Waals surface area contributed by atoms with Crippen LogP contribution >= 0.6 is 11.6 Å². The number of carbonyl (C=O) groups is 3. The maximum Gasteiger partial charge on any atom is 0.244 e. The first-order chi connectivity index (χ1) is 11.0. The number of benzene rings is 1. The van der Waals surface area contributed by atoms with E-state index in [0.717, 1.165) is 36.1 Å². The van der Waals surface area contributed by atoms with Gasteiger partial charge in [0.05, 0.1) is 11.8 Å². The van der Waals surface area contributed by atoms with Crippen LogP contribution in [-0.4, -0.2) is 29.2 Å². The lowest BCUT2D eigenvalue weighted by Crippen LogP contribution is -2.38. The molecule has 1 saturated heterocycles. The molecule has 2 fully saturated rings. The quantitative estimate of drug-likeness (QED) is 0.864. The lowest BCUT2D eigenvalue weighted by molar-refractivity contribution is -0.142. The Labute approximate surface area is 140 Å². The molecule has 2 aliphatic rings. The Morgan fingerprint density at radius 2 is 1.83 bits per heavy atom. The number of nitrogens with zero attached hydrogens (tertiary/aromatic N) is 1. The highest BCUT2D eigenvalue weighted by atomic mass is 35.5. The van der Waals surface area contributed by atoms with Crippen LogP contribution in [0.15, 0.2) is 18.2 Å². The summed E-state index contributed by atoms with van der Waals surface area (Å²) in [6.45, 7) is 1.63. The molecule has 3 rings (SSSR count). The second-order valence-electron chi connectivity index (χ2n) is 6.27. The van der Waals surface area contributed by atoms with Gasteiger partial charge in [-0.05, 0) is 37.5 Å². The summed E-state index contributed by atoms with van der Waals surface area (Å²) in [7, 11) is 0. The Bertz CT molecular complexity index is 650. The average molecular weight is 335 g/mol. The number of rotatable bonds is 3. The van der Waals surface area contributed by atoms with Gasteiger partial charge in [-0.1, -0.05) is 30.5 Å². The summed E-state index contributed by atoms with van der Waals surface area (Å²) in [4.78, 5) is 38.1. The normalized spacial score (nSPS) is 23.8. The number of fused-ring (bicyclic) bond motifs is 1. The van der Waals surface area contributed by atoms with Gasteiger partial charge in [0.25, 0.3) is 0 Å². The smallest absolute Gasteiger partial charge is 0.244 e. The zero-order valence-corrected chi connectivity index (χ0v) is 13.7. The molecule has 122 valence electrons. The minimum Gasteiger partial charge on any atom is -0.324 e. The number of carbonyl (C=O) groups excluding carboxylic acids is 3. The highest BCUT2D eigenvalue weighted by Crippen LogP contribution is 2.37. The van der Waals surface area contributed by atoms with Crippen LogP contribution in [0.3, 0.4) is 0 Å². The number of imide groups is 1. The zero-order chi connectivity index (χ0) is 16.6. The van der Waals surface area contributed by atoms with Crippen LogP contribution in [0, 0.1) is 18.8 Å². The molecular formula is C17H19ClN2O3. The molecule has 1 aromatic rings. The molecule has 1 aliphatic carbocycles. The molecule has 6 heteroatoms. The minimum absolute atomic E-state index is 0.197. The first kappa shape index (κ1) is 16.0. The largest absolute Gasteiger partial charge is 0.324 e. The Balaban J connectivity index is 1.69. The molecule has 2 unspecified atom stereocenters. The third kappa shape index (κ3) is 3.11. The van der Waals surface area contributed by atoms with Crippen molar-refractivity contribution in [3.05, 3.63) is 28.8 Å². The Kier molecular flexibility index (Phi) is 4.39. The molecule has 3 amide bonds. The molecule has 0 radical (unpaired) electrons. The molecule has 1 aliphatic heterocycles. The third-order valence-corrected chi connectivity index (χ3v) is 4.94. The van der Waals surface area contributed by atoms with E-state index in [9.17, 15) is 14.4 Å². The van der Waals surface area contributed by atoms with Crippen molar-refractivity contribution in [1.29, 1.82) is 0 Å². The number of amides is 3. The van der Waals surface area contributed by atoms with Gasteiger partial charge in [0.2, 0.25) is 17.7 Å². The van der Waals surface area contributed by atoms with Gasteiger partial charge in [-0.3, -0.25) is 19.3 Å². The first-order valence-corrected chi connectivity index (χ1v) is 8.26. The van der Waals surface area contributed by atoms with E-state index >= 15 is 0 Å². The molecule has 1 heterocycles. The number of aryl methyl sites for hydroxylation is 1. The van der Waals surface area contributed by atoms with Crippen LogP contribution in [0.4, 0.5) is 5.69 Å². The number of likely N-dealkylation sites (tertiary alicyclic amines) is 1. The van der Waals surface area contributed by atoms with E-state index < -0.39 is 0 Å². The summed E-state index contributed by atoms with van der Waals surface area (Å²) in [5.41, 5.74) is 1.47. The molecule has 1 aromatic carbocycles. The van der Waals surface area contributed by atoms with Crippen LogP contribution in [-0.2, 0) is 14.4 Å². The van der Waals surface area contributed by atoms with Gasteiger partial charge in [0.1, 0.15) is 6.54 Å². The number of anilines is 1. The molecule has 1 saturated carbocycles. The molecule has 0 bridgehead atoms. The van der Waals surface area contributed by atoms with E-state index in [-0.39, 0.29) is 36.1 Å². The molecule has 0 aromatic heterocycles. The number of halogens is 1. The minimum atomic E-state index is -0.379. The van der Waals surface area contributed by atoms with Crippen molar-refractivity contribution in [2.24, 2.45) is 11.8 Å². The SMILES string of the molecule is Cc1ccc(Cl)cc1NC(=O)CN1C(=O)C2CCCCC2C1=O.